The average Bonchev–Trinajstić information content (AvgIpc) is 2.19. The fourth-order valence-electron chi connectivity index (χ4n) is 0.460. The van der Waals surface area contributed by atoms with Crippen LogP contribution in [0.4, 0.5) is 0 Å². The van der Waals surface area contributed by atoms with Crippen molar-refractivity contribution in [3.8, 4) is 0 Å². The lowest BCUT2D eigenvalue weighted by Crippen LogP contribution is -2.22. The van der Waals surface area contributed by atoms with E-state index in [1.807, 2.05) is 0 Å². The summed E-state index contributed by atoms with van der Waals surface area (Å²) in [6.07, 6.45) is 0. The van der Waals surface area contributed by atoms with Gasteiger partial charge in [0.2, 0.25) is 0 Å². The highest BCUT2D eigenvalue weighted by Crippen LogP contribution is 1.92. The largest absolute Gasteiger partial charge is 0.363 e. The van der Waals surface area contributed by atoms with E-state index in [0.717, 1.165) is 0 Å². The van der Waals surface area contributed by atoms with Crippen molar-refractivity contribution in [1.29, 1.82) is 0 Å². The van der Waals surface area contributed by atoms with Gasteiger partial charge >= 0.3 is 0 Å². The lowest BCUT2D eigenvalue weighted by atomic mass is 11.0. The number of methoxy groups -OCH3 is 1. The molecule has 0 amide bonds. The molecule has 0 spiro atoms. The molecule has 5 nitrogen and oxygen atoms in total. The zero-order valence-corrected chi connectivity index (χ0v) is 4.66. The minimum Gasteiger partial charge on any atom is -0.363 e. The van der Waals surface area contributed by atoms with Gasteiger partial charge in [0, 0.05) is 7.11 Å². The van der Waals surface area contributed by atoms with Gasteiger partial charge in [0.25, 0.3) is 0 Å². The molecule has 0 bridgehead atoms. The van der Waals surface area contributed by atoms with E-state index in [-0.39, 0.29) is 0 Å². The van der Waals surface area contributed by atoms with Crippen LogP contribution in [0.25, 0.3) is 0 Å². The monoisotopic (exact) mass is 116 g/mol. The van der Waals surface area contributed by atoms with Crippen LogP contribution in [-0.4, -0.2) is 25.5 Å². The minimum absolute atomic E-state index is 0.497. The Labute approximate surface area is 47.3 Å². The Kier molecular flexibility index (Phi) is 1.63. The van der Waals surface area contributed by atoms with Gasteiger partial charge in [0.1, 0.15) is 13.4 Å². The lowest BCUT2D eigenvalue weighted by Gasteiger charge is -2.06. The van der Waals surface area contributed by atoms with Crippen molar-refractivity contribution in [2.45, 2.75) is 0 Å². The van der Waals surface area contributed by atoms with E-state index in [2.05, 4.69) is 15.9 Å². The van der Waals surface area contributed by atoms with Crippen LogP contribution < -0.4 is 5.43 Å². The van der Waals surface area contributed by atoms with Gasteiger partial charge in [-0.1, -0.05) is 5.22 Å². The number of nitrogens with zero attached hydrogens (tertiary/aromatic N) is 3. The fourth-order valence-corrected chi connectivity index (χ4v) is 0.460. The Hall–Kier alpha value is -0.840. The van der Waals surface area contributed by atoms with Crippen LogP contribution in [0.5, 0.6) is 0 Å². The Morgan fingerprint density at radius 1 is 1.88 bits per heavy atom. The van der Waals surface area contributed by atoms with E-state index in [4.69, 9.17) is 4.74 Å². The summed E-state index contributed by atoms with van der Waals surface area (Å²) in [7, 11) is 1.62. The molecule has 0 atom stereocenters. The first-order chi connectivity index (χ1) is 3.93. The quantitative estimate of drug-likeness (QED) is 0.540. The second-order valence-corrected chi connectivity index (χ2v) is 1.43. The molecule has 1 N–H and O–H groups in total. The normalized spacial score (nSPS) is 16.9. The number of ether oxygens (including phenoxy) is 1. The highest BCUT2D eigenvalue weighted by atomic mass is 16.5. The standard InChI is InChI=1S/C3H8N4O/c1-8-3-7-2-4-5-6-7/h2-3H2,1H3,(H,4,6). The predicted octanol–water partition coefficient (Wildman–Crippen LogP) is -0.265. The summed E-state index contributed by atoms with van der Waals surface area (Å²) in [6.45, 7) is 1.14. The van der Waals surface area contributed by atoms with Crippen LogP contribution >= 0.6 is 0 Å². The summed E-state index contributed by atoms with van der Waals surface area (Å²) in [5, 5.41) is 8.82. The van der Waals surface area contributed by atoms with Crippen LogP contribution in [0.1, 0.15) is 0 Å². The molecule has 1 aliphatic rings. The molecule has 0 aliphatic carbocycles. The molecule has 0 fully saturated rings. The Morgan fingerprint density at radius 3 is 3.25 bits per heavy atom. The molecule has 5 heteroatoms. The molecular weight excluding hydrogens is 108 g/mol. The molecule has 0 saturated heterocycles. The van der Waals surface area contributed by atoms with E-state index in [1.165, 1.54) is 0 Å². The van der Waals surface area contributed by atoms with Crippen molar-refractivity contribution in [3.63, 3.8) is 0 Å². The number of hydrogen-bond acceptors (Lipinski definition) is 5. The molecule has 8 heavy (non-hydrogen) atoms. The van der Waals surface area contributed by atoms with Crippen molar-refractivity contribution in [1.82, 2.24) is 10.4 Å². The average molecular weight is 116 g/mol. The van der Waals surface area contributed by atoms with Gasteiger partial charge in [-0.2, -0.15) is 0 Å². The summed E-state index contributed by atoms with van der Waals surface area (Å²) in [5.74, 6) is 0. The molecule has 1 rings (SSSR count). The van der Waals surface area contributed by atoms with Crippen molar-refractivity contribution in [3.05, 3.63) is 0 Å². The van der Waals surface area contributed by atoms with Crippen LogP contribution in [0.3, 0.4) is 0 Å². The van der Waals surface area contributed by atoms with E-state index in [1.54, 1.807) is 12.1 Å². The first kappa shape index (κ1) is 5.30. The SMILES string of the molecule is COCN1CNN=N1. The topological polar surface area (TPSA) is 49.2 Å². The number of rotatable bonds is 2. The Morgan fingerprint density at radius 2 is 2.75 bits per heavy atom. The minimum atomic E-state index is 0.497. The molecular formula is C3H8N4O. The fraction of sp³-hybridized carbons (Fsp3) is 1.00. The maximum absolute atomic E-state index is 4.76. The number of hydrogen-bond donors (Lipinski definition) is 1. The smallest absolute Gasteiger partial charge is 0.138 e. The number of nitrogens with one attached hydrogen (secondary N) is 1. The van der Waals surface area contributed by atoms with Gasteiger partial charge in [0.05, 0.1) is 0 Å². The van der Waals surface area contributed by atoms with Crippen molar-refractivity contribution >= 4 is 0 Å². The zero-order chi connectivity index (χ0) is 5.82. The van der Waals surface area contributed by atoms with Crippen LogP contribution in [0.15, 0.2) is 10.4 Å². The molecule has 0 radical (unpaired) electrons. The van der Waals surface area contributed by atoms with Gasteiger partial charge in [-0.15, -0.1) is 0 Å². The van der Waals surface area contributed by atoms with E-state index in [0.29, 0.717) is 13.4 Å². The first-order valence-electron chi connectivity index (χ1n) is 2.31. The molecule has 1 aliphatic heterocycles. The zero-order valence-electron chi connectivity index (χ0n) is 4.66. The molecule has 0 aromatic rings. The highest BCUT2D eigenvalue weighted by Gasteiger charge is 2.02. The maximum Gasteiger partial charge on any atom is 0.138 e. The summed E-state index contributed by atoms with van der Waals surface area (Å²) in [4.78, 5) is 0. The predicted molar refractivity (Wildman–Crippen MR) is 26.6 cm³/mol. The second-order valence-electron chi connectivity index (χ2n) is 1.43. The molecule has 0 unspecified atom stereocenters. The summed E-state index contributed by atoms with van der Waals surface area (Å²) in [6, 6.07) is 0. The van der Waals surface area contributed by atoms with Crippen molar-refractivity contribution in [2.75, 3.05) is 20.5 Å². The van der Waals surface area contributed by atoms with Crippen molar-refractivity contribution < 1.29 is 4.74 Å². The molecule has 0 saturated carbocycles. The first-order valence-corrected chi connectivity index (χ1v) is 2.31. The Bertz CT molecular complexity index is 93.3. The third-order valence-corrected chi connectivity index (χ3v) is 0.773. The second kappa shape index (κ2) is 2.46. The third kappa shape index (κ3) is 1.06. The summed E-state index contributed by atoms with van der Waals surface area (Å²) < 4.78 is 4.76. The van der Waals surface area contributed by atoms with Gasteiger partial charge in [-0.3, -0.25) is 5.43 Å². The van der Waals surface area contributed by atoms with Gasteiger partial charge in [-0.25, -0.2) is 5.01 Å². The Balaban J connectivity index is 2.16. The molecule has 1 heterocycles. The molecule has 0 aromatic heterocycles. The van der Waals surface area contributed by atoms with Gasteiger partial charge in [-0.05, 0) is 5.22 Å². The third-order valence-electron chi connectivity index (χ3n) is 0.773. The highest BCUT2D eigenvalue weighted by molar-refractivity contribution is 4.42. The van der Waals surface area contributed by atoms with Crippen LogP contribution in [0.2, 0.25) is 0 Å². The maximum atomic E-state index is 4.76. The summed E-state index contributed by atoms with van der Waals surface area (Å²) >= 11 is 0. The van der Waals surface area contributed by atoms with Crippen LogP contribution in [-0.2, 0) is 4.74 Å². The van der Waals surface area contributed by atoms with E-state index < -0.39 is 0 Å². The van der Waals surface area contributed by atoms with Crippen molar-refractivity contribution in [2.24, 2.45) is 10.4 Å². The van der Waals surface area contributed by atoms with E-state index >= 15 is 0 Å². The van der Waals surface area contributed by atoms with E-state index in [9.17, 15) is 0 Å². The summed E-state index contributed by atoms with van der Waals surface area (Å²) in [5.41, 5.74) is 2.66. The lowest BCUT2D eigenvalue weighted by molar-refractivity contribution is 0.0706. The van der Waals surface area contributed by atoms with Gasteiger partial charge in [0.15, 0.2) is 0 Å². The van der Waals surface area contributed by atoms with Crippen LogP contribution in [0, 0.1) is 0 Å². The molecule has 0 aromatic carbocycles. The van der Waals surface area contributed by atoms with Gasteiger partial charge < -0.3 is 4.74 Å². The molecule has 46 valence electrons.